The Kier molecular flexibility index (Phi) is 8.08. The normalized spacial score (nSPS) is 17.5. The Balaban J connectivity index is 0.000000333. The molecule has 11 heteroatoms. The van der Waals surface area contributed by atoms with Gasteiger partial charge in [-0.3, -0.25) is 4.79 Å². The lowest BCUT2D eigenvalue weighted by Crippen LogP contribution is -2.27. The van der Waals surface area contributed by atoms with Gasteiger partial charge in [-0.1, -0.05) is 12.1 Å². The van der Waals surface area contributed by atoms with Crippen LogP contribution >= 0.6 is 0 Å². The number of ether oxygens (including phenoxy) is 1. The number of hydrogen-bond acceptors (Lipinski definition) is 8. The summed E-state index contributed by atoms with van der Waals surface area (Å²) in [5.41, 5.74) is 1.31. The molecule has 0 unspecified atom stereocenters. The number of nitrogens with zero attached hydrogens (tertiary/aromatic N) is 5. The highest BCUT2D eigenvalue weighted by molar-refractivity contribution is 5.95. The molecule has 5 rings (SSSR count). The van der Waals surface area contributed by atoms with Gasteiger partial charge in [0.1, 0.15) is 29.1 Å². The summed E-state index contributed by atoms with van der Waals surface area (Å²) in [5.74, 6) is 0.649. The summed E-state index contributed by atoms with van der Waals surface area (Å²) in [6, 6.07) is 8.79. The number of carbonyl (C=O) groups excluding carboxylic acids is 1. The molecular formula is C28H28F2N6O3. The molecule has 1 amide bonds. The maximum Gasteiger partial charge on any atom is 0.229 e. The van der Waals surface area contributed by atoms with E-state index in [9.17, 15) is 13.6 Å². The fourth-order valence-corrected chi connectivity index (χ4v) is 4.17. The van der Waals surface area contributed by atoms with Gasteiger partial charge in [0.15, 0.2) is 11.5 Å². The van der Waals surface area contributed by atoms with Gasteiger partial charge in [0.25, 0.3) is 0 Å². The second-order valence-corrected chi connectivity index (χ2v) is 9.32. The van der Waals surface area contributed by atoms with Crippen molar-refractivity contribution in [3.8, 4) is 11.5 Å². The first-order valence-corrected chi connectivity index (χ1v) is 12.2. The lowest BCUT2D eigenvalue weighted by atomic mass is 9.93. The number of aryl methyl sites for hydroxylation is 4. The number of benzene rings is 1. The molecule has 1 fully saturated rings. The Hall–Kier alpha value is -4.54. The molecule has 0 bridgehead atoms. The largest absolute Gasteiger partial charge is 0.504 e. The molecule has 9 nitrogen and oxygen atoms in total. The fraction of sp³-hybridized carbons (Fsp3) is 0.286. The van der Waals surface area contributed by atoms with Crippen molar-refractivity contribution in [2.45, 2.75) is 39.5 Å². The molecule has 2 atom stereocenters. The number of aromatic hydroxyl groups is 1. The fourth-order valence-electron chi connectivity index (χ4n) is 4.17. The third kappa shape index (κ3) is 6.67. The van der Waals surface area contributed by atoms with Crippen LogP contribution in [0.3, 0.4) is 0 Å². The van der Waals surface area contributed by atoms with Gasteiger partial charge in [-0.2, -0.15) is 0 Å². The summed E-state index contributed by atoms with van der Waals surface area (Å²) in [6.45, 7) is 7.29. The number of carbonyl (C=O) groups is 1. The van der Waals surface area contributed by atoms with Gasteiger partial charge in [0.2, 0.25) is 5.91 Å². The van der Waals surface area contributed by atoms with E-state index < -0.39 is 17.2 Å². The summed E-state index contributed by atoms with van der Waals surface area (Å²) in [7, 11) is 0. The molecule has 1 aromatic carbocycles. The molecule has 3 heterocycles. The van der Waals surface area contributed by atoms with E-state index in [0.29, 0.717) is 40.8 Å². The van der Waals surface area contributed by atoms with Crippen molar-refractivity contribution in [2.24, 2.45) is 5.92 Å². The van der Waals surface area contributed by atoms with Crippen LogP contribution in [0.5, 0.6) is 11.5 Å². The maximum atomic E-state index is 13.9. The van der Waals surface area contributed by atoms with Crippen LogP contribution in [0.2, 0.25) is 0 Å². The van der Waals surface area contributed by atoms with Gasteiger partial charge in [-0.15, -0.1) is 0 Å². The Morgan fingerprint density at radius 1 is 0.974 bits per heavy atom. The number of aromatic nitrogens is 5. The van der Waals surface area contributed by atoms with E-state index in [1.807, 2.05) is 6.92 Å². The van der Waals surface area contributed by atoms with Crippen LogP contribution in [0.15, 0.2) is 55.0 Å². The second kappa shape index (κ2) is 11.5. The van der Waals surface area contributed by atoms with Gasteiger partial charge < -0.3 is 15.2 Å². The molecule has 1 saturated carbocycles. The molecular weight excluding hydrogens is 506 g/mol. The molecule has 202 valence electrons. The summed E-state index contributed by atoms with van der Waals surface area (Å²) < 4.78 is 32.9. The number of halogens is 2. The molecule has 4 aromatic rings. The van der Waals surface area contributed by atoms with Crippen LogP contribution < -0.4 is 10.1 Å². The highest BCUT2D eigenvalue weighted by atomic mass is 19.1. The quantitative estimate of drug-likeness (QED) is 0.370. The van der Waals surface area contributed by atoms with Gasteiger partial charge in [0, 0.05) is 5.41 Å². The standard InChI is InChI=1S/C22H20F2N4O2.C6H8N2O/c1-13-19(11-25-14(2)27-13)30-12-22(15-4-3-5-16(23)8-15)9-18(22)21(29)28-20-7-6-17(24)10-26-20;1-4-6(9)3-7-5(2)8-4/h3-8,10-11,18H,9,12H2,1-2H3,(H,26,28,29);3,9H,1-2H3/t18-,22+;/m0./s1. The Labute approximate surface area is 224 Å². The second-order valence-electron chi connectivity index (χ2n) is 9.32. The van der Waals surface area contributed by atoms with Crippen molar-refractivity contribution in [1.29, 1.82) is 0 Å². The Bertz CT molecular complexity index is 1480. The summed E-state index contributed by atoms with van der Waals surface area (Å²) in [6.07, 6.45) is 4.51. The monoisotopic (exact) mass is 534 g/mol. The minimum absolute atomic E-state index is 0.153. The first-order chi connectivity index (χ1) is 18.6. The summed E-state index contributed by atoms with van der Waals surface area (Å²) >= 11 is 0. The van der Waals surface area contributed by atoms with E-state index in [-0.39, 0.29) is 29.9 Å². The number of amides is 1. The predicted molar refractivity (Wildman–Crippen MR) is 139 cm³/mol. The third-order valence-corrected chi connectivity index (χ3v) is 6.38. The highest BCUT2D eigenvalue weighted by Gasteiger charge is 2.60. The topological polar surface area (TPSA) is 123 Å². The van der Waals surface area contributed by atoms with Crippen LogP contribution in [0.4, 0.5) is 14.6 Å². The first kappa shape index (κ1) is 27.5. The zero-order valence-electron chi connectivity index (χ0n) is 21.9. The van der Waals surface area contributed by atoms with E-state index in [0.717, 1.165) is 6.20 Å². The van der Waals surface area contributed by atoms with Crippen LogP contribution in [0.25, 0.3) is 0 Å². The zero-order valence-corrected chi connectivity index (χ0v) is 21.9. The molecule has 2 N–H and O–H groups in total. The SMILES string of the molecule is Cc1ncc(O)c(C)n1.Cc1ncc(OC[C@@]2(c3cccc(F)c3)C[C@H]2C(=O)Nc2ccc(F)cn2)c(C)n1. The summed E-state index contributed by atoms with van der Waals surface area (Å²) in [4.78, 5) is 32.8. The van der Waals surface area contributed by atoms with E-state index in [2.05, 4.69) is 30.2 Å². The molecule has 0 radical (unpaired) electrons. The van der Waals surface area contributed by atoms with Crippen molar-refractivity contribution in [1.82, 2.24) is 24.9 Å². The highest BCUT2D eigenvalue weighted by Crippen LogP contribution is 2.55. The number of rotatable bonds is 6. The number of nitrogens with one attached hydrogen (secondary N) is 1. The smallest absolute Gasteiger partial charge is 0.229 e. The molecule has 1 aliphatic carbocycles. The number of hydrogen-bond donors (Lipinski definition) is 2. The summed E-state index contributed by atoms with van der Waals surface area (Å²) in [5, 5.41) is 11.6. The van der Waals surface area contributed by atoms with Crippen molar-refractivity contribution >= 4 is 11.7 Å². The lowest BCUT2D eigenvalue weighted by molar-refractivity contribution is -0.117. The van der Waals surface area contributed by atoms with Crippen LogP contribution in [0.1, 0.15) is 35.0 Å². The number of pyridine rings is 1. The van der Waals surface area contributed by atoms with E-state index in [1.165, 1.54) is 30.5 Å². The van der Waals surface area contributed by atoms with Crippen molar-refractivity contribution < 1.29 is 23.4 Å². The van der Waals surface area contributed by atoms with E-state index >= 15 is 0 Å². The van der Waals surface area contributed by atoms with Crippen LogP contribution in [-0.4, -0.2) is 42.5 Å². The minimum Gasteiger partial charge on any atom is -0.504 e. The maximum absolute atomic E-state index is 13.9. The van der Waals surface area contributed by atoms with Gasteiger partial charge in [-0.05, 0) is 63.9 Å². The molecule has 0 aliphatic heterocycles. The van der Waals surface area contributed by atoms with E-state index in [1.54, 1.807) is 39.1 Å². The number of anilines is 1. The average molecular weight is 535 g/mol. The van der Waals surface area contributed by atoms with Crippen molar-refractivity contribution in [3.63, 3.8) is 0 Å². The minimum atomic E-state index is -0.691. The molecule has 0 saturated heterocycles. The third-order valence-electron chi connectivity index (χ3n) is 6.38. The van der Waals surface area contributed by atoms with E-state index in [4.69, 9.17) is 9.84 Å². The zero-order chi connectivity index (χ0) is 28.2. The Morgan fingerprint density at radius 3 is 2.31 bits per heavy atom. The first-order valence-electron chi connectivity index (χ1n) is 12.2. The van der Waals surface area contributed by atoms with Gasteiger partial charge in [-0.25, -0.2) is 33.7 Å². The lowest BCUT2D eigenvalue weighted by Gasteiger charge is -2.19. The van der Waals surface area contributed by atoms with Crippen LogP contribution in [-0.2, 0) is 10.2 Å². The van der Waals surface area contributed by atoms with Crippen molar-refractivity contribution in [2.75, 3.05) is 11.9 Å². The molecule has 3 aromatic heterocycles. The Morgan fingerprint density at radius 2 is 1.69 bits per heavy atom. The van der Waals surface area contributed by atoms with Gasteiger partial charge >= 0.3 is 0 Å². The molecule has 1 aliphatic rings. The van der Waals surface area contributed by atoms with Crippen molar-refractivity contribution in [3.05, 3.63) is 95.2 Å². The molecule has 0 spiro atoms. The molecule has 39 heavy (non-hydrogen) atoms. The van der Waals surface area contributed by atoms with Crippen LogP contribution in [0, 0.1) is 45.2 Å². The average Bonchev–Trinajstić information content (AvgIpc) is 3.64. The predicted octanol–water partition coefficient (Wildman–Crippen LogP) is 4.54. The van der Waals surface area contributed by atoms with Gasteiger partial charge in [0.05, 0.1) is 42.5 Å².